The first-order valence-corrected chi connectivity index (χ1v) is 8.66. The van der Waals surface area contributed by atoms with Crippen LogP contribution < -0.4 is 10.2 Å². The van der Waals surface area contributed by atoms with E-state index >= 15 is 0 Å². The van der Waals surface area contributed by atoms with Crippen molar-refractivity contribution >= 4 is 11.6 Å². The Balaban J connectivity index is 1.83. The summed E-state index contributed by atoms with van der Waals surface area (Å²) in [6, 6.07) is 16.7. The number of likely N-dealkylation sites (N-methyl/N-ethyl adjacent to an activating group) is 1. The summed E-state index contributed by atoms with van der Waals surface area (Å²) in [6.45, 7) is 6.58. The lowest BCUT2D eigenvalue weighted by atomic mass is 9.81. The maximum Gasteiger partial charge on any atom is 0.230 e. The predicted octanol–water partition coefficient (Wildman–Crippen LogP) is 2.91. The van der Waals surface area contributed by atoms with Crippen molar-refractivity contribution in [3.63, 3.8) is 0 Å². The van der Waals surface area contributed by atoms with Crippen molar-refractivity contribution in [3.05, 3.63) is 65.2 Å². The number of benzene rings is 2. The Morgan fingerprint density at radius 2 is 1.83 bits per heavy atom. The van der Waals surface area contributed by atoms with Gasteiger partial charge in [-0.25, -0.2) is 0 Å². The van der Waals surface area contributed by atoms with Crippen LogP contribution in [0.4, 0.5) is 5.69 Å². The van der Waals surface area contributed by atoms with E-state index in [-0.39, 0.29) is 17.5 Å². The number of anilines is 1. The van der Waals surface area contributed by atoms with E-state index in [2.05, 4.69) is 50.5 Å². The number of amides is 1. The SMILES string of the molecule is Cc1ccccc1NC(=O)C[C@@H]1c2ccccc2CC(C)(C)[NH+]1C. The van der Waals surface area contributed by atoms with Crippen LogP contribution in [0.2, 0.25) is 0 Å². The van der Waals surface area contributed by atoms with Crippen molar-refractivity contribution in [2.45, 2.75) is 45.2 Å². The van der Waals surface area contributed by atoms with Gasteiger partial charge in [-0.1, -0.05) is 42.5 Å². The minimum atomic E-state index is 0.0844. The average molecular weight is 323 g/mol. The molecule has 2 aromatic carbocycles. The van der Waals surface area contributed by atoms with Crippen molar-refractivity contribution in [1.82, 2.24) is 0 Å². The summed E-state index contributed by atoms with van der Waals surface area (Å²) in [4.78, 5) is 14.1. The highest BCUT2D eigenvalue weighted by Crippen LogP contribution is 2.28. The lowest BCUT2D eigenvalue weighted by molar-refractivity contribution is -0.962. The first-order valence-electron chi connectivity index (χ1n) is 8.66. The zero-order chi connectivity index (χ0) is 17.3. The average Bonchev–Trinajstić information content (AvgIpc) is 2.54. The topological polar surface area (TPSA) is 33.5 Å². The molecular formula is C21H27N2O+. The van der Waals surface area contributed by atoms with Crippen molar-refractivity contribution in [2.75, 3.05) is 12.4 Å². The normalized spacial score (nSPS) is 21.8. The number of rotatable bonds is 3. The monoisotopic (exact) mass is 323 g/mol. The molecule has 0 saturated carbocycles. The summed E-state index contributed by atoms with van der Waals surface area (Å²) in [5, 5.41) is 3.08. The van der Waals surface area contributed by atoms with Crippen LogP contribution in [0.1, 0.15) is 43.0 Å². The summed E-state index contributed by atoms with van der Waals surface area (Å²) in [5.74, 6) is 0.0844. The highest BCUT2D eigenvalue weighted by atomic mass is 16.1. The second kappa shape index (κ2) is 6.40. The molecule has 1 amide bonds. The second-order valence-electron chi connectivity index (χ2n) is 7.56. The third kappa shape index (κ3) is 3.22. The van der Waals surface area contributed by atoms with E-state index in [9.17, 15) is 4.79 Å². The van der Waals surface area contributed by atoms with E-state index in [0.29, 0.717) is 6.42 Å². The zero-order valence-electron chi connectivity index (χ0n) is 15.0. The predicted molar refractivity (Wildman–Crippen MR) is 98.3 cm³/mol. The van der Waals surface area contributed by atoms with Crippen LogP contribution in [0.15, 0.2) is 48.5 Å². The number of para-hydroxylation sites is 1. The number of aryl methyl sites for hydroxylation is 1. The second-order valence-corrected chi connectivity index (χ2v) is 7.56. The summed E-state index contributed by atoms with van der Waals surface area (Å²) in [6.07, 6.45) is 1.55. The summed E-state index contributed by atoms with van der Waals surface area (Å²) >= 11 is 0. The molecule has 0 radical (unpaired) electrons. The van der Waals surface area contributed by atoms with Gasteiger partial charge >= 0.3 is 0 Å². The van der Waals surface area contributed by atoms with Crippen LogP contribution in [0.5, 0.6) is 0 Å². The van der Waals surface area contributed by atoms with Crippen molar-refractivity contribution < 1.29 is 9.69 Å². The fourth-order valence-corrected chi connectivity index (χ4v) is 3.72. The molecule has 0 spiro atoms. The Kier molecular flexibility index (Phi) is 4.46. The highest BCUT2D eigenvalue weighted by molar-refractivity contribution is 5.91. The van der Waals surface area contributed by atoms with Crippen LogP contribution in [0.3, 0.4) is 0 Å². The Labute approximate surface area is 144 Å². The highest BCUT2D eigenvalue weighted by Gasteiger charge is 2.41. The maximum absolute atomic E-state index is 12.7. The Bertz CT molecular complexity index is 751. The van der Waals surface area contributed by atoms with Crippen LogP contribution in [0.25, 0.3) is 0 Å². The van der Waals surface area contributed by atoms with Gasteiger partial charge in [0, 0.05) is 17.7 Å². The third-order valence-corrected chi connectivity index (χ3v) is 5.46. The summed E-state index contributed by atoms with van der Waals surface area (Å²) < 4.78 is 0. The van der Waals surface area contributed by atoms with Crippen LogP contribution in [-0.4, -0.2) is 18.5 Å². The number of nitrogens with one attached hydrogen (secondary N) is 2. The standard InChI is InChI=1S/C21H26N2O/c1-15-9-5-8-12-18(15)22-20(24)13-19-17-11-7-6-10-16(17)14-21(2,3)23(19)4/h5-12,19H,13-14H2,1-4H3,(H,22,24)/p+1/t19-/m1/s1. The van der Waals surface area contributed by atoms with Gasteiger partial charge in [-0.15, -0.1) is 0 Å². The molecule has 2 N–H and O–H groups in total. The van der Waals surface area contributed by atoms with Gasteiger partial charge in [-0.3, -0.25) is 4.79 Å². The third-order valence-electron chi connectivity index (χ3n) is 5.46. The molecule has 2 atom stereocenters. The number of fused-ring (bicyclic) bond motifs is 1. The van der Waals surface area contributed by atoms with Gasteiger partial charge in [0.2, 0.25) is 5.91 Å². The molecule has 3 nitrogen and oxygen atoms in total. The van der Waals surface area contributed by atoms with Crippen molar-refractivity contribution in [3.8, 4) is 0 Å². The van der Waals surface area contributed by atoms with Gasteiger partial charge in [0.15, 0.2) is 0 Å². The van der Waals surface area contributed by atoms with Crippen LogP contribution in [0, 0.1) is 6.92 Å². The van der Waals surface area contributed by atoms with E-state index in [4.69, 9.17) is 0 Å². The van der Waals surface area contributed by atoms with Gasteiger partial charge in [0.05, 0.1) is 19.0 Å². The van der Waals surface area contributed by atoms with Crippen molar-refractivity contribution in [2.24, 2.45) is 0 Å². The molecule has 0 aliphatic carbocycles. The Morgan fingerprint density at radius 1 is 1.17 bits per heavy atom. The number of carbonyl (C=O) groups excluding carboxylic acids is 1. The Hall–Kier alpha value is -2.13. The number of carbonyl (C=O) groups is 1. The lowest BCUT2D eigenvalue weighted by Gasteiger charge is -2.43. The molecule has 3 heteroatoms. The number of hydrogen-bond acceptors (Lipinski definition) is 1. The summed E-state index contributed by atoms with van der Waals surface area (Å²) in [7, 11) is 2.21. The first kappa shape index (κ1) is 16.7. The fourth-order valence-electron chi connectivity index (χ4n) is 3.72. The number of quaternary nitrogens is 1. The quantitative estimate of drug-likeness (QED) is 0.895. The Morgan fingerprint density at radius 3 is 2.58 bits per heavy atom. The summed E-state index contributed by atoms with van der Waals surface area (Å²) in [5.41, 5.74) is 4.82. The molecule has 24 heavy (non-hydrogen) atoms. The first-order chi connectivity index (χ1) is 11.4. The number of hydrogen-bond donors (Lipinski definition) is 2. The zero-order valence-corrected chi connectivity index (χ0v) is 15.0. The van der Waals surface area contributed by atoms with Crippen LogP contribution >= 0.6 is 0 Å². The molecule has 0 bridgehead atoms. The molecule has 126 valence electrons. The van der Waals surface area contributed by atoms with Crippen molar-refractivity contribution in [1.29, 1.82) is 0 Å². The molecule has 2 aromatic rings. The molecule has 3 rings (SSSR count). The van der Waals surface area contributed by atoms with Gasteiger partial charge in [-0.05, 0) is 38.0 Å². The smallest absolute Gasteiger partial charge is 0.230 e. The minimum absolute atomic E-state index is 0.0844. The molecule has 1 aliphatic rings. The molecular weight excluding hydrogens is 296 g/mol. The molecule has 0 fully saturated rings. The van der Waals surface area contributed by atoms with Gasteiger partial charge in [-0.2, -0.15) is 0 Å². The molecule has 0 saturated heterocycles. The van der Waals surface area contributed by atoms with E-state index < -0.39 is 0 Å². The fraction of sp³-hybridized carbons (Fsp3) is 0.381. The lowest BCUT2D eigenvalue weighted by Crippen LogP contribution is -3.18. The van der Waals surface area contributed by atoms with E-state index in [0.717, 1.165) is 17.7 Å². The molecule has 1 aliphatic heterocycles. The maximum atomic E-state index is 12.7. The van der Waals surface area contributed by atoms with E-state index in [1.165, 1.54) is 16.0 Å². The molecule has 0 aromatic heterocycles. The van der Waals surface area contributed by atoms with Gasteiger partial charge < -0.3 is 10.2 Å². The molecule has 1 unspecified atom stereocenters. The minimum Gasteiger partial charge on any atom is -0.326 e. The van der Waals surface area contributed by atoms with Crippen LogP contribution in [-0.2, 0) is 11.2 Å². The van der Waals surface area contributed by atoms with E-state index in [1.54, 1.807) is 0 Å². The van der Waals surface area contributed by atoms with Gasteiger partial charge in [0.1, 0.15) is 6.04 Å². The van der Waals surface area contributed by atoms with E-state index in [1.807, 2.05) is 31.2 Å². The largest absolute Gasteiger partial charge is 0.326 e. The molecule has 1 heterocycles. The van der Waals surface area contributed by atoms with Gasteiger partial charge in [0.25, 0.3) is 0 Å².